The summed E-state index contributed by atoms with van der Waals surface area (Å²) in [5.41, 5.74) is 3.72. The predicted molar refractivity (Wildman–Crippen MR) is 119 cm³/mol. The number of carbonyl (C=O) groups is 3. The van der Waals surface area contributed by atoms with Crippen LogP contribution >= 0.6 is 11.3 Å². The zero-order valence-corrected chi connectivity index (χ0v) is 18.4. The molecule has 3 rings (SSSR count). The number of amides is 2. The number of benzene rings is 1. The maximum atomic E-state index is 12.5. The third-order valence-corrected chi connectivity index (χ3v) is 6.08. The predicted octanol–water partition coefficient (Wildman–Crippen LogP) is 3.05. The van der Waals surface area contributed by atoms with Crippen LogP contribution in [0.25, 0.3) is 0 Å². The van der Waals surface area contributed by atoms with E-state index in [2.05, 4.69) is 22.8 Å². The molecule has 2 amide bonds. The smallest absolute Gasteiger partial charge is 0.341 e. The molecular weight excluding hydrogens is 436 g/mol. The van der Waals surface area contributed by atoms with Crippen molar-refractivity contribution < 1.29 is 24.0 Å². The first-order chi connectivity index (χ1) is 15.3. The average molecular weight is 458 g/mol. The Hall–Kier alpha value is -3.60. The second-order valence-corrected chi connectivity index (χ2v) is 8.38. The molecule has 0 saturated heterocycles. The van der Waals surface area contributed by atoms with Gasteiger partial charge in [0.15, 0.2) is 0 Å². The average Bonchev–Trinajstić information content (AvgIpc) is 3.10. The molecule has 2 N–H and O–H groups in total. The van der Waals surface area contributed by atoms with Crippen molar-refractivity contribution in [1.82, 2.24) is 5.43 Å². The van der Waals surface area contributed by atoms with E-state index in [-0.39, 0.29) is 12.3 Å². The Morgan fingerprint density at radius 3 is 2.66 bits per heavy atom. The highest BCUT2D eigenvalue weighted by atomic mass is 32.1. The van der Waals surface area contributed by atoms with Crippen LogP contribution in [-0.4, -0.2) is 35.5 Å². The molecule has 1 aliphatic carbocycles. The van der Waals surface area contributed by atoms with Crippen LogP contribution in [0.1, 0.15) is 46.6 Å². The summed E-state index contributed by atoms with van der Waals surface area (Å²) in [6.07, 6.45) is 3.70. The van der Waals surface area contributed by atoms with Gasteiger partial charge in [-0.3, -0.25) is 19.7 Å². The molecule has 0 spiro atoms. The third kappa shape index (κ3) is 5.35. The number of nitro benzene ring substituents is 1. The summed E-state index contributed by atoms with van der Waals surface area (Å²) >= 11 is 1.28. The van der Waals surface area contributed by atoms with Crippen molar-refractivity contribution in [2.75, 3.05) is 11.9 Å². The van der Waals surface area contributed by atoms with Crippen molar-refractivity contribution in [1.29, 1.82) is 0 Å². The number of nitrogens with one attached hydrogen (secondary N) is 2. The normalized spacial score (nSPS) is 15.1. The molecule has 11 heteroatoms. The second kappa shape index (κ2) is 10.1. The number of hydrogen-bond acceptors (Lipinski definition) is 8. The van der Waals surface area contributed by atoms with Crippen molar-refractivity contribution in [3.05, 3.63) is 55.9 Å². The van der Waals surface area contributed by atoms with Gasteiger partial charge in [0.1, 0.15) is 5.00 Å². The third-order valence-electron chi connectivity index (χ3n) is 4.91. The first kappa shape index (κ1) is 23.1. The summed E-state index contributed by atoms with van der Waals surface area (Å²) in [5.74, 6) is -2.04. The quantitative estimate of drug-likeness (QED) is 0.224. The van der Waals surface area contributed by atoms with Crippen LogP contribution in [0.5, 0.6) is 0 Å². The van der Waals surface area contributed by atoms with Gasteiger partial charge >= 0.3 is 17.8 Å². The monoisotopic (exact) mass is 458 g/mol. The Bertz CT molecular complexity index is 1080. The summed E-state index contributed by atoms with van der Waals surface area (Å²) in [4.78, 5) is 48.2. The number of rotatable bonds is 6. The van der Waals surface area contributed by atoms with Crippen molar-refractivity contribution in [2.24, 2.45) is 11.0 Å². The lowest BCUT2D eigenvalue weighted by molar-refractivity contribution is -0.384. The molecular formula is C21H22N4O6S. The first-order valence-electron chi connectivity index (χ1n) is 10.0. The minimum Gasteiger partial charge on any atom is -0.462 e. The Kier molecular flexibility index (Phi) is 7.31. The Morgan fingerprint density at radius 2 is 2.00 bits per heavy atom. The number of nitrogens with zero attached hydrogens (tertiary/aromatic N) is 2. The largest absolute Gasteiger partial charge is 0.462 e. The van der Waals surface area contributed by atoms with Crippen LogP contribution in [0.4, 0.5) is 10.7 Å². The Balaban J connectivity index is 1.68. The lowest BCUT2D eigenvalue weighted by atomic mass is 9.88. The minimum atomic E-state index is -1.02. The highest BCUT2D eigenvalue weighted by Crippen LogP contribution is 2.40. The lowest BCUT2D eigenvalue weighted by Gasteiger charge is -2.18. The van der Waals surface area contributed by atoms with E-state index in [1.54, 1.807) is 6.92 Å². The molecule has 1 aromatic carbocycles. The van der Waals surface area contributed by atoms with Gasteiger partial charge in [-0.15, -0.1) is 11.3 Å². The molecule has 0 aliphatic heterocycles. The summed E-state index contributed by atoms with van der Waals surface area (Å²) in [7, 11) is 0. The van der Waals surface area contributed by atoms with E-state index in [4.69, 9.17) is 4.74 Å². The minimum absolute atomic E-state index is 0.0731. The van der Waals surface area contributed by atoms with Crippen molar-refractivity contribution in [3.63, 3.8) is 0 Å². The molecule has 1 aromatic heterocycles. The van der Waals surface area contributed by atoms with Crippen molar-refractivity contribution in [3.8, 4) is 0 Å². The number of anilines is 1. The van der Waals surface area contributed by atoms with Gasteiger partial charge in [0, 0.05) is 17.0 Å². The van der Waals surface area contributed by atoms with Gasteiger partial charge in [-0.25, -0.2) is 10.2 Å². The van der Waals surface area contributed by atoms with E-state index in [0.717, 1.165) is 23.3 Å². The molecule has 0 radical (unpaired) electrons. The van der Waals surface area contributed by atoms with Gasteiger partial charge in [-0.2, -0.15) is 5.10 Å². The number of nitro groups is 1. The number of hydrogen-bond donors (Lipinski definition) is 2. The van der Waals surface area contributed by atoms with Crippen molar-refractivity contribution >= 4 is 46.0 Å². The topological polar surface area (TPSA) is 140 Å². The van der Waals surface area contributed by atoms with E-state index >= 15 is 0 Å². The summed E-state index contributed by atoms with van der Waals surface area (Å²) in [6.45, 7) is 4.03. The van der Waals surface area contributed by atoms with Gasteiger partial charge in [-0.05, 0) is 55.4 Å². The van der Waals surface area contributed by atoms with Crippen LogP contribution in [0.15, 0.2) is 29.4 Å². The van der Waals surface area contributed by atoms with Gasteiger partial charge in [0.05, 0.1) is 23.3 Å². The van der Waals surface area contributed by atoms with Crippen LogP contribution in [0.2, 0.25) is 0 Å². The summed E-state index contributed by atoms with van der Waals surface area (Å²) in [5, 5.41) is 17.2. The number of fused-ring (bicyclic) bond motifs is 1. The maximum Gasteiger partial charge on any atom is 0.341 e. The molecule has 10 nitrogen and oxygen atoms in total. The van der Waals surface area contributed by atoms with Gasteiger partial charge < -0.3 is 10.1 Å². The van der Waals surface area contributed by atoms with Crippen molar-refractivity contribution in [2.45, 2.75) is 33.1 Å². The SMILES string of the molecule is CCOC(=O)c1c(NC(=O)C(=O)N/N=C\c2ccc([N+](=O)[O-])cc2)sc2c1CC[C@H](C)C2. The van der Waals surface area contributed by atoms with E-state index < -0.39 is 22.7 Å². The zero-order valence-electron chi connectivity index (χ0n) is 17.5. The molecule has 168 valence electrons. The van der Waals surface area contributed by atoms with E-state index in [0.29, 0.717) is 28.5 Å². The fourth-order valence-corrected chi connectivity index (χ4v) is 4.71. The molecule has 0 bridgehead atoms. The molecule has 0 fully saturated rings. The summed E-state index contributed by atoms with van der Waals surface area (Å²) in [6, 6.07) is 5.51. The zero-order chi connectivity index (χ0) is 23.3. The van der Waals surface area contributed by atoms with Crippen LogP contribution in [0.3, 0.4) is 0 Å². The van der Waals surface area contributed by atoms with Gasteiger partial charge in [0.2, 0.25) is 0 Å². The molecule has 0 saturated carbocycles. The number of thiophene rings is 1. The fourth-order valence-electron chi connectivity index (χ4n) is 3.32. The molecule has 1 atom stereocenters. The number of ether oxygens (including phenoxy) is 1. The van der Waals surface area contributed by atoms with Crippen LogP contribution < -0.4 is 10.7 Å². The fraction of sp³-hybridized carbons (Fsp3) is 0.333. The number of hydrazone groups is 1. The first-order valence-corrected chi connectivity index (χ1v) is 10.8. The van der Waals surface area contributed by atoms with E-state index in [1.165, 1.54) is 41.8 Å². The number of carbonyl (C=O) groups excluding carboxylic acids is 3. The molecule has 1 aliphatic rings. The number of non-ortho nitro benzene ring substituents is 1. The maximum absolute atomic E-state index is 12.5. The lowest BCUT2D eigenvalue weighted by Crippen LogP contribution is -2.32. The van der Waals surface area contributed by atoms with E-state index in [9.17, 15) is 24.5 Å². The Morgan fingerprint density at radius 1 is 1.28 bits per heavy atom. The van der Waals surface area contributed by atoms with Gasteiger partial charge in [-0.1, -0.05) is 6.92 Å². The molecule has 2 aromatic rings. The molecule has 0 unspecified atom stereocenters. The second-order valence-electron chi connectivity index (χ2n) is 7.28. The highest BCUT2D eigenvalue weighted by molar-refractivity contribution is 7.17. The Labute approximate surface area is 187 Å². The van der Waals surface area contributed by atoms with Gasteiger partial charge in [0.25, 0.3) is 5.69 Å². The standard InChI is InChI=1S/C21H22N4O6S/c1-3-31-21(28)17-15-9-4-12(2)10-16(15)32-20(17)23-18(26)19(27)24-22-11-13-5-7-14(8-6-13)25(29)30/h5-8,11-12H,3-4,9-10H2,1-2H3,(H,23,26)(H,24,27)/b22-11-/t12-/m0/s1. The van der Waals surface area contributed by atoms with Crippen LogP contribution in [0, 0.1) is 16.0 Å². The van der Waals surface area contributed by atoms with E-state index in [1.807, 2.05) is 0 Å². The highest BCUT2D eigenvalue weighted by Gasteiger charge is 2.30. The summed E-state index contributed by atoms with van der Waals surface area (Å²) < 4.78 is 5.15. The number of esters is 1. The van der Waals surface area contributed by atoms with Crippen LogP contribution in [-0.2, 0) is 27.2 Å². The molecule has 32 heavy (non-hydrogen) atoms. The molecule has 1 heterocycles.